The molecule has 2 aromatic rings. The summed E-state index contributed by atoms with van der Waals surface area (Å²) in [7, 11) is 0. The molecule has 0 saturated carbocycles. The van der Waals surface area contributed by atoms with Crippen LogP contribution in [0.1, 0.15) is 0 Å². The minimum atomic E-state index is 0.409. The van der Waals surface area contributed by atoms with Crippen LogP contribution in [-0.4, -0.2) is 5.11 Å². The monoisotopic (exact) mass is 330 g/mol. The van der Waals surface area contributed by atoms with Gasteiger partial charge >= 0.3 is 0 Å². The van der Waals surface area contributed by atoms with Crippen LogP contribution in [0.3, 0.4) is 0 Å². The highest BCUT2D eigenvalue weighted by Crippen LogP contribution is 2.24. The van der Waals surface area contributed by atoms with Gasteiger partial charge < -0.3 is 10.6 Å². The molecule has 2 N–H and O–H groups in total. The first-order valence-electron chi connectivity index (χ1n) is 5.33. The second-order valence-electron chi connectivity index (χ2n) is 3.72. The molecule has 0 aromatic heterocycles. The van der Waals surface area contributed by atoms with E-state index in [-0.39, 0.29) is 0 Å². The van der Waals surface area contributed by atoms with Gasteiger partial charge in [0.25, 0.3) is 0 Å². The minimum absolute atomic E-state index is 0.409. The quantitative estimate of drug-likeness (QED) is 0.715. The van der Waals surface area contributed by atoms with E-state index in [0.717, 1.165) is 5.69 Å². The number of hydrogen-bond donors (Lipinski definition) is 2. The van der Waals surface area contributed by atoms with Crippen LogP contribution in [0.5, 0.6) is 0 Å². The second kappa shape index (κ2) is 6.44. The maximum absolute atomic E-state index is 6.03. The van der Waals surface area contributed by atoms with Gasteiger partial charge in [0.05, 0.1) is 10.7 Å². The summed E-state index contributed by atoms with van der Waals surface area (Å²) in [6.45, 7) is 0. The molecule has 0 radical (unpaired) electrons. The average Bonchev–Trinajstić information content (AvgIpc) is 2.30. The molecule has 98 valence electrons. The van der Waals surface area contributed by atoms with Crippen LogP contribution in [-0.2, 0) is 0 Å². The van der Waals surface area contributed by atoms with Crippen molar-refractivity contribution >= 4 is 63.5 Å². The van der Waals surface area contributed by atoms with E-state index in [1.165, 1.54) is 0 Å². The van der Waals surface area contributed by atoms with Crippen molar-refractivity contribution in [2.24, 2.45) is 0 Å². The first kappa shape index (κ1) is 14.4. The Morgan fingerprint density at radius 1 is 0.895 bits per heavy atom. The van der Waals surface area contributed by atoms with Crippen molar-refractivity contribution in [3.63, 3.8) is 0 Å². The number of para-hydroxylation sites is 1. The van der Waals surface area contributed by atoms with Crippen LogP contribution in [0.4, 0.5) is 11.4 Å². The number of rotatable bonds is 2. The summed E-state index contributed by atoms with van der Waals surface area (Å²) in [5.74, 6) is 0. The van der Waals surface area contributed by atoms with Crippen LogP contribution in [0.2, 0.25) is 15.1 Å². The first-order chi connectivity index (χ1) is 9.04. The maximum atomic E-state index is 6.03. The molecule has 0 fully saturated rings. The van der Waals surface area contributed by atoms with Crippen molar-refractivity contribution in [1.82, 2.24) is 0 Å². The Balaban J connectivity index is 2.07. The zero-order valence-corrected chi connectivity index (χ0v) is 12.7. The van der Waals surface area contributed by atoms with Crippen molar-refractivity contribution in [2.75, 3.05) is 10.6 Å². The third kappa shape index (κ3) is 4.25. The topological polar surface area (TPSA) is 24.1 Å². The van der Waals surface area contributed by atoms with Gasteiger partial charge in [-0.2, -0.15) is 0 Å². The molecular formula is C13H9Cl3N2S. The highest BCUT2D eigenvalue weighted by molar-refractivity contribution is 7.80. The Morgan fingerprint density at radius 2 is 1.53 bits per heavy atom. The lowest BCUT2D eigenvalue weighted by atomic mass is 10.3. The van der Waals surface area contributed by atoms with Crippen LogP contribution >= 0.6 is 47.0 Å². The Hall–Kier alpha value is -1.00. The van der Waals surface area contributed by atoms with Crippen molar-refractivity contribution in [3.8, 4) is 0 Å². The van der Waals surface area contributed by atoms with E-state index in [9.17, 15) is 0 Å². The Labute approximate surface area is 131 Å². The number of halogens is 3. The summed E-state index contributed by atoms with van der Waals surface area (Å²) in [5, 5.41) is 8.07. The Kier molecular flexibility index (Phi) is 4.88. The van der Waals surface area contributed by atoms with Gasteiger partial charge in [0, 0.05) is 15.7 Å². The molecule has 0 spiro atoms. The summed E-state index contributed by atoms with van der Waals surface area (Å²) >= 11 is 23.0. The van der Waals surface area contributed by atoms with Crippen molar-refractivity contribution in [2.45, 2.75) is 0 Å². The smallest absolute Gasteiger partial charge is 0.175 e. The fourth-order valence-corrected chi connectivity index (χ4v) is 2.41. The van der Waals surface area contributed by atoms with E-state index >= 15 is 0 Å². The molecule has 0 saturated heterocycles. The van der Waals surface area contributed by atoms with Crippen molar-refractivity contribution < 1.29 is 0 Å². The summed E-state index contributed by atoms with van der Waals surface area (Å²) in [6, 6.07) is 12.4. The third-order valence-corrected chi connectivity index (χ3v) is 3.21. The van der Waals surface area contributed by atoms with Gasteiger partial charge in [-0.05, 0) is 42.5 Å². The van der Waals surface area contributed by atoms with Gasteiger partial charge in [-0.25, -0.2) is 0 Å². The van der Waals surface area contributed by atoms with E-state index in [4.69, 9.17) is 47.0 Å². The van der Waals surface area contributed by atoms with Crippen LogP contribution in [0.15, 0.2) is 42.5 Å². The van der Waals surface area contributed by atoms with Gasteiger partial charge in [0.15, 0.2) is 5.11 Å². The third-order valence-electron chi connectivity index (χ3n) is 2.24. The summed E-state index contributed by atoms with van der Waals surface area (Å²) < 4.78 is 0. The lowest BCUT2D eigenvalue weighted by Gasteiger charge is -2.12. The molecule has 19 heavy (non-hydrogen) atoms. The van der Waals surface area contributed by atoms with Crippen LogP contribution < -0.4 is 10.6 Å². The summed E-state index contributed by atoms with van der Waals surface area (Å²) in [6.07, 6.45) is 0. The maximum Gasteiger partial charge on any atom is 0.175 e. The molecule has 2 nitrogen and oxygen atoms in total. The molecule has 2 aromatic carbocycles. The molecule has 0 atom stereocenters. The number of thiocarbonyl (C=S) groups is 1. The Bertz CT molecular complexity index is 596. The number of hydrogen-bond acceptors (Lipinski definition) is 1. The highest BCUT2D eigenvalue weighted by Gasteiger charge is 2.03. The van der Waals surface area contributed by atoms with Crippen LogP contribution in [0, 0.1) is 0 Å². The lowest BCUT2D eigenvalue weighted by Crippen LogP contribution is -2.19. The van der Waals surface area contributed by atoms with Gasteiger partial charge in [-0.15, -0.1) is 0 Å². The van der Waals surface area contributed by atoms with Gasteiger partial charge in [0.1, 0.15) is 0 Å². The molecule has 2 rings (SSSR count). The van der Waals surface area contributed by atoms with E-state index in [1.807, 2.05) is 18.2 Å². The SMILES string of the molecule is S=C(Nc1cc(Cl)cc(Cl)c1)Nc1ccccc1Cl. The average molecular weight is 332 g/mol. The molecule has 0 aliphatic rings. The molecule has 0 unspecified atom stereocenters. The minimum Gasteiger partial charge on any atom is -0.332 e. The normalized spacial score (nSPS) is 10.1. The van der Waals surface area contributed by atoms with E-state index in [2.05, 4.69) is 10.6 Å². The zero-order chi connectivity index (χ0) is 13.8. The summed E-state index contributed by atoms with van der Waals surface area (Å²) in [5.41, 5.74) is 1.44. The highest BCUT2D eigenvalue weighted by atomic mass is 35.5. The predicted molar refractivity (Wildman–Crippen MR) is 87.8 cm³/mol. The van der Waals surface area contributed by atoms with Crippen molar-refractivity contribution in [3.05, 3.63) is 57.5 Å². The van der Waals surface area contributed by atoms with Crippen molar-refractivity contribution in [1.29, 1.82) is 0 Å². The largest absolute Gasteiger partial charge is 0.332 e. The van der Waals surface area contributed by atoms with E-state index in [0.29, 0.717) is 25.9 Å². The lowest BCUT2D eigenvalue weighted by molar-refractivity contribution is 1.59. The molecule has 6 heteroatoms. The molecule has 0 aliphatic carbocycles. The Morgan fingerprint density at radius 3 is 2.16 bits per heavy atom. The van der Waals surface area contributed by atoms with Gasteiger partial charge in [-0.1, -0.05) is 46.9 Å². The fraction of sp³-hybridized carbons (Fsp3) is 0. The molecule has 0 amide bonds. The van der Waals surface area contributed by atoms with Crippen LogP contribution in [0.25, 0.3) is 0 Å². The molecule has 0 aliphatic heterocycles. The summed E-state index contributed by atoms with van der Waals surface area (Å²) in [4.78, 5) is 0. The standard InChI is InChI=1S/C13H9Cl3N2S/c14-8-5-9(15)7-10(6-8)17-13(19)18-12-4-2-1-3-11(12)16/h1-7H,(H2,17,18,19). The van der Waals surface area contributed by atoms with E-state index < -0.39 is 0 Å². The number of anilines is 2. The molecular weight excluding hydrogens is 323 g/mol. The van der Waals surface area contributed by atoms with E-state index in [1.54, 1.807) is 24.3 Å². The zero-order valence-electron chi connectivity index (χ0n) is 9.58. The number of benzene rings is 2. The van der Waals surface area contributed by atoms with Gasteiger partial charge in [-0.3, -0.25) is 0 Å². The predicted octanol–water partition coefficient (Wildman–Crippen LogP) is 5.46. The second-order valence-corrected chi connectivity index (χ2v) is 5.41. The molecule has 0 bridgehead atoms. The first-order valence-corrected chi connectivity index (χ1v) is 6.87. The van der Waals surface area contributed by atoms with Gasteiger partial charge in [0.2, 0.25) is 0 Å². The molecule has 0 heterocycles. The number of nitrogens with one attached hydrogen (secondary N) is 2. The fourth-order valence-electron chi connectivity index (χ4n) is 1.47.